The summed E-state index contributed by atoms with van der Waals surface area (Å²) in [4.78, 5) is 28.2. The van der Waals surface area contributed by atoms with Crippen molar-refractivity contribution in [3.05, 3.63) is 66.5 Å². The number of amides is 1. The van der Waals surface area contributed by atoms with Crippen molar-refractivity contribution in [3.63, 3.8) is 0 Å². The number of pyridine rings is 2. The zero-order chi connectivity index (χ0) is 28.4. The number of nitrogens with one attached hydrogen (secondary N) is 2. The van der Waals surface area contributed by atoms with E-state index in [1.165, 1.54) is 28.5 Å². The number of anilines is 1. The molecule has 1 aromatic carbocycles. The Balaban J connectivity index is 1.23. The first-order chi connectivity index (χ1) is 19.9. The normalized spacial score (nSPS) is 19.4. The van der Waals surface area contributed by atoms with Crippen LogP contribution in [0.5, 0.6) is 0 Å². The Labute approximate surface area is 244 Å². The molecule has 1 aliphatic carbocycles. The second kappa shape index (κ2) is 11.9. The summed E-state index contributed by atoms with van der Waals surface area (Å²) in [5.74, 6) is -0.0604. The predicted octanol–water partition coefficient (Wildman–Crippen LogP) is 5.04. The van der Waals surface area contributed by atoms with Gasteiger partial charge >= 0.3 is 0 Å². The molecule has 0 radical (unpaired) electrons. The molecule has 1 saturated heterocycles. The minimum atomic E-state index is -3.59. The van der Waals surface area contributed by atoms with E-state index in [-0.39, 0.29) is 16.8 Å². The third kappa shape index (κ3) is 6.18. The topological polar surface area (TPSA) is 117 Å². The Bertz CT molecular complexity index is 1620. The fourth-order valence-electron chi connectivity index (χ4n) is 5.86. The quantitative estimate of drug-likeness (QED) is 0.295. The Hall–Kier alpha value is -3.25. The van der Waals surface area contributed by atoms with Gasteiger partial charge in [-0.2, -0.15) is 4.31 Å². The number of hydrogen-bond acceptors (Lipinski definition) is 8. The van der Waals surface area contributed by atoms with Crippen LogP contribution >= 0.6 is 11.3 Å². The van der Waals surface area contributed by atoms with Crippen LogP contribution in [0, 0.1) is 5.92 Å². The van der Waals surface area contributed by atoms with Gasteiger partial charge in [0.2, 0.25) is 15.9 Å². The Morgan fingerprint density at radius 2 is 1.83 bits per heavy atom. The van der Waals surface area contributed by atoms with Crippen molar-refractivity contribution in [1.82, 2.24) is 24.6 Å². The minimum Gasteiger partial charge on any atom is -0.312 e. The van der Waals surface area contributed by atoms with Gasteiger partial charge in [0, 0.05) is 43.6 Å². The van der Waals surface area contributed by atoms with Gasteiger partial charge in [0.25, 0.3) is 0 Å². The average Bonchev–Trinajstić information content (AvgIpc) is 3.65. The number of carbonyl (C=O) groups is 1. The SMILES string of the molecule is CC1CN(S(=O)(=O)c2ccc(C(CC3CCCC3)C(=O)Nc3nc4ccc(-c5ccncc5)nc4s3)cc2)CCN1. The molecule has 214 valence electrons. The van der Waals surface area contributed by atoms with Crippen molar-refractivity contribution < 1.29 is 13.2 Å². The van der Waals surface area contributed by atoms with E-state index in [9.17, 15) is 13.2 Å². The van der Waals surface area contributed by atoms with Crippen LogP contribution in [0.1, 0.15) is 50.5 Å². The number of rotatable bonds is 8. The van der Waals surface area contributed by atoms with Crippen molar-refractivity contribution in [2.24, 2.45) is 5.92 Å². The molecule has 4 aromatic rings. The third-order valence-electron chi connectivity index (χ3n) is 8.07. The summed E-state index contributed by atoms with van der Waals surface area (Å²) in [5, 5.41) is 6.84. The van der Waals surface area contributed by atoms with Gasteiger partial charge in [-0.3, -0.25) is 9.78 Å². The summed E-state index contributed by atoms with van der Waals surface area (Å²) in [6.45, 7) is 3.51. The molecular formula is C30H34N6O3S2. The molecular weight excluding hydrogens is 557 g/mol. The third-order valence-corrected chi connectivity index (χ3v) is 10.8. The van der Waals surface area contributed by atoms with E-state index in [1.807, 2.05) is 31.2 Å². The van der Waals surface area contributed by atoms with Gasteiger partial charge in [0.1, 0.15) is 10.3 Å². The molecule has 0 bridgehead atoms. The van der Waals surface area contributed by atoms with Crippen LogP contribution in [-0.2, 0) is 14.8 Å². The van der Waals surface area contributed by atoms with Crippen LogP contribution in [0.25, 0.3) is 21.6 Å². The zero-order valence-electron chi connectivity index (χ0n) is 23.0. The van der Waals surface area contributed by atoms with Gasteiger partial charge < -0.3 is 10.6 Å². The fourth-order valence-corrected chi connectivity index (χ4v) is 8.23. The molecule has 2 atom stereocenters. The molecule has 2 fully saturated rings. The molecule has 41 heavy (non-hydrogen) atoms. The lowest BCUT2D eigenvalue weighted by atomic mass is 9.87. The van der Waals surface area contributed by atoms with E-state index in [4.69, 9.17) is 4.98 Å². The summed E-state index contributed by atoms with van der Waals surface area (Å²) in [7, 11) is -3.59. The first kappa shape index (κ1) is 27.9. The summed E-state index contributed by atoms with van der Waals surface area (Å²) >= 11 is 1.35. The largest absolute Gasteiger partial charge is 0.312 e. The minimum absolute atomic E-state index is 0.109. The summed E-state index contributed by atoms with van der Waals surface area (Å²) in [5.41, 5.74) is 3.34. The van der Waals surface area contributed by atoms with E-state index >= 15 is 0 Å². The van der Waals surface area contributed by atoms with Crippen molar-refractivity contribution in [1.29, 1.82) is 0 Å². The van der Waals surface area contributed by atoms with E-state index < -0.39 is 15.9 Å². The van der Waals surface area contributed by atoms with E-state index in [0.29, 0.717) is 30.7 Å². The molecule has 1 aliphatic heterocycles. The summed E-state index contributed by atoms with van der Waals surface area (Å²) in [6.07, 6.45) is 8.78. The highest BCUT2D eigenvalue weighted by atomic mass is 32.2. The van der Waals surface area contributed by atoms with E-state index in [2.05, 4.69) is 20.6 Å². The molecule has 1 saturated carbocycles. The lowest BCUT2D eigenvalue weighted by Crippen LogP contribution is -2.51. The Morgan fingerprint density at radius 1 is 1.07 bits per heavy atom. The molecule has 2 aliphatic rings. The maximum Gasteiger partial charge on any atom is 0.243 e. The van der Waals surface area contributed by atoms with Gasteiger partial charge in [-0.25, -0.2) is 18.4 Å². The number of nitrogens with zero attached hydrogens (tertiary/aromatic N) is 4. The molecule has 2 N–H and O–H groups in total. The molecule has 3 aromatic heterocycles. The van der Waals surface area contributed by atoms with E-state index in [1.54, 1.807) is 36.7 Å². The number of thiazole rings is 1. The molecule has 11 heteroatoms. The van der Waals surface area contributed by atoms with Crippen LogP contribution in [0.4, 0.5) is 5.13 Å². The van der Waals surface area contributed by atoms with Gasteiger partial charge in [0.05, 0.1) is 16.5 Å². The number of benzene rings is 1. The number of piperazine rings is 1. The number of hydrogen-bond donors (Lipinski definition) is 2. The van der Waals surface area contributed by atoms with Crippen LogP contribution in [0.15, 0.2) is 65.8 Å². The predicted molar refractivity (Wildman–Crippen MR) is 161 cm³/mol. The second-order valence-corrected chi connectivity index (χ2v) is 13.9. The van der Waals surface area contributed by atoms with Crippen molar-refractivity contribution in [2.75, 3.05) is 25.0 Å². The highest BCUT2D eigenvalue weighted by Crippen LogP contribution is 2.36. The average molecular weight is 591 g/mol. The Morgan fingerprint density at radius 3 is 2.56 bits per heavy atom. The second-order valence-electron chi connectivity index (χ2n) is 11.0. The smallest absolute Gasteiger partial charge is 0.243 e. The number of fused-ring (bicyclic) bond motifs is 1. The first-order valence-corrected chi connectivity index (χ1v) is 16.4. The molecule has 6 rings (SSSR count). The van der Waals surface area contributed by atoms with Crippen LogP contribution < -0.4 is 10.6 Å². The van der Waals surface area contributed by atoms with Crippen LogP contribution in [0.3, 0.4) is 0 Å². The standard InChI is InChI=1S/C30H34N6O3S2/c1-20-19-36(17-16-32-20)41(38,39)24-8-6-22(7-9-24)25(18-21-4-2-3-5-21)28(37)35-30-34-27-11-10-26(33-29(27)40-30)23-12-14-31-15-13-23/h6-15,20-21,25,32H,2-5,16-19H2,1H3,(H,34,35,37). The van der Waals surface area contributed by atoms with Crippen molar-refractivity contribution in [3.8, 4) is 11.3 Å². The molecule has 4 heterocycles. The Kier molecular flexibility index (Phi) is 8.12. The lowest BCUT2D eigenvalue weighted by molar-refractivity contribution is -0.118. The summed E-state index contributed by atoms with van der Waals surface area (Å²) in [6, 6.07) is 14.7. The lowest BCUT2D eigenvalue weighted by Gasteiger charge is -2.31. The molecule has 9 nitrogen and oxygen atoms in total. The molecule has 0 spiro atoms. The van der Waals surface area contributed by atoms with Gasteiger partial charge in [0.15, 0.2) is 5.13 Å². The highest BCUT2D eigenvalue weighted by molar-refractivity contribution is 7.89. The van der Waals surface area contributed by atoms with Gasteiger partial charge in [-0.1, -0.05) is 49.2 Å². The molecule has 2 unspecified atom stereocenters. The monoisotopic (exact) mass is 590 g/mol. The number of aromatic nitrogens is 3. The fraction of sp³-hybridized carbons (Fsp3) is 0.400. The maximum atomic E-state index is 13.7. The van der Waals surface area contributed by atoms with Crippen molar-refractivity contribution in [2.45, 2.75) is 55.9 Å². The first-order valence-electron chi connectivity index (χ1n) is 14.2. The number of sulfonamides is 1. The van der Waals surface area contributed by atoms with Crippen LogP contribution in [0.2, 0.25) is 0 Å². The molecule has 1 amide bonds. The number of carbonyl (C=O) groups excluding carboxylic acids is 1. The van der Waals surface area contributed by atoms with Crippen molar-refractivity contribution >= 4 is 42.7 Å². The van der Waals surface area contributed by atoms with E-state index in [0.717, 1.165) is 46.4 Å². The van der Waals surface area contributed by atoms with Gasteiger partial charge in [-0.15, -0.1) is 0 Å². The van der Waals surface area contributed by atoms with Crippen LogP contribution in [-0.4, -0.2) is 59.3 Å². The highest BCUT2D eigenvalue weighted by Gasteiger charge is 2.30. The summed E-state index contributed by atoms with van der Waals surface area (Å²) < 4.78 is 28.1. The maximum absolute atomic E-state index is 13.7. The zero-order valence-corrected chi connectivity index (χ0v) is 24.6. The van der Waals surface area contributed by atoms with Gasteiger partial charge in [-0.05, 0) is 61.2 Å².